The van der Waals surface area contributed by atoms with E-state index < -0.39 is 0 Å². The summed E-state index contributed by atoms with van der Waals surface area (Å²) in [5, 5.41) is 7.07. The van der Waals surface area contributed by atoms with Crippen LogP contribution in [-0.2, 0) is 11.3 Å². The minimum absolute atomic E-state index is 0. The Labute approximate surface area is 216 Å². The molecule has 3 aromatic rings. The zero-order valence-corrected chi connectivity index (χ0v) is 21.7. The molecular formula is C25H32ClN5O5. The Bertz CT molecular complexity index is 1210. The number of carbonyl (C=O) groups is 2. The van der Waals surface area contributed by atoms with Crippen molar-refractivity contribution < 1.29 is 23.8 Å². The molecule has 0 bridgehead atoms. The van der Waals surface area contributed by atoms with Gasteiger partial charge in [-0.05, 0) is 50.6 Å². The Hall–Kier alpha value is -3.66. The van der Waals surface area contributed by atoms with Crippen molar-refractivity contribution in [3.05, 3.63) is 42.2 Å². The number of amides is 2. The summed E-state index contributed by atoms with van der Waals surface area (Å²) in [7, 11) is 3.17. The van der Waals surface area contributed by atoms with Gasteiger partial charge in [0.2, 0.25) is 0 Å². The zero-order chi connectivity index (χ0) is 24.9. The van der Waals surface area contributed by atoms with Crippen LogP contribution in [-0.4, -0.2) is 66.4 Å². The van der Waals surface area contributed by atoms with E-state index in [4.69, 9.17) is 14.2 Å². The van der Waals surface area contributed by atoms with Gasteiger partial charge in [-0.1, -0.05) is 0 Å². The van der Waals surface area contributed by atoms with E-state index in [1.807, 2.05) is 35.8 Å². The number of anilines is 2. The maximum absolute atomic E-state index is 13.1. The Balaban J connectivity index is 0.00000361. The van der Waals surface area contributed by atoms with Gasteiger partial charge in [-0.2, -0.15) is 0 Å². The molecule has 0 saturated carbocycles. The van der Waals surface area contributed by atoms with Crippen molar-refractivity contribution >= 4 is 46.8 Å². The highest BCUT2D eigenvalue weighted by Crippen LogP contribution is 2.37. The molecule has 1 atom stereocenters. The summed E-state index contributed by atoms with van der Waals surface area (Å²) >= 11 is 0. The van der Waals surface area contributed by atoms with Crippen LogP contribution in [0.25, 0.3) is 10.9 Å². The first-order valence-electron chi connectivity index (χ1n) is 11.7. The van der Waals surface area contributed by atoms with Crippen LogP contribution in [0.1, 0.15) is 30.8 Å². The number of nitrogens with one attached hydrogen (secondary N) is 2. The summed E-state index contributed by atoms with van der Waals surface area (Å²) in [4.78, 5) is 31.1. The van der Waals surface area contributed by atoms with Crippen LogP contribution in [0, 0.1) is 0 Å². The number of benzene rings is 1. The molecule has 2 N–H and O–H groups in total. The summed E-state index contributed by atoms with van der Waals surface area (Å²) < 4.78 is 17.9. The number of halogens is 1. The highest BCUT2D eigenvalue weighted by atomic mass is 35.5. The summed E-state index contributed by atoms with van der Waals surface area (Å²) in [6.45, 7) is 5.97. The van der Waals surface area contributed by atoms with E-state index in [0.717, 1.165) is 17.3 Å². The second-order valence-corrected chi connectivity index (χ2v) is 8.17. The molecule has 10 nitrogen and oxygen atoms in total. The Morgan fingerprint density at radius 1 is 1.14 bits per heavy atom. The molecule has 0 spiro atoms. The molecule has 3 heterocycles. The van der Waals surface area contributed by atoms with Crippen molar-refractivity contribution in [2.75, 3.05) is 44.5 Å². The second kappa shape index (κ2) is 11.9. The minimum Gasteiger partial charge on any atom is -0.493 e. The smallest absolute Gasteiger partial charge is 0.409 e. The first-order valence-corrected chi connectivity index (χ1v) is 11.7. The molecular weight excluding hydrogens is 486 g/mol. The zero-order valence-electron chi connectivity index (χ0n) is 20.9. The summed E-state index contributed by atoms with van der Waals surface area (Å²) in [6.07, 6.45) is 2.14. The monoisotopic (exact) mass is 517 g/mol. The van der Waals surface area contributed by atoms with Crippen molar-refractivity contribution in [1.29, 1.82) is 0 Å². The fourth-order valence-electron chi connectivity index (χ4n) is 4.40. The molecule has 0 aliphatic carbocycles. The molecule has 2 aromatic heterocycles. The second-order valence-electron chi connectivity index (χ2n) is 8.17. The Morgan fingerprint density at radius 3 is 2.58 bits per heavy atom. The Morgan fingerprint density at radius 2 is 1.94 bits per heavy atom. The van der Waals surface area contributed by atoms with Crippen LogP contribution >= 0.6 is 12.4 Å². The molecule has 1 aromatic carbocycles. The number of hydrogen-bond acceptors (Lipinski definition) is 7. The number of carbonyl (C=O) groups excluding carboxylic acids is 2. The lowest BCUT2D eigenvalue weighted by atomic mass is 10.2. The third kappa shape index (κ3) is 5.43. The minimum atomic E-state index is -0.289. The van der Waals surface area contributed by atoms with Crippen molar-refractivity contribution in [3.63, 3.8) is 0 Å². The fraction of sp³-hybridized carbons (Fsp3) is 0.400. The molecule has 2 amide bonds. The number of nitrogens with zero attached hydrogens (tertiary/aromatic N) is 3. The average molecular weight is 518 g/mol. The molecule has 4 rings (SSSR count). The van der Waals surface area contributed by atoms with E-state index in [9.17, 15) is 9.59 Å². The number of fused-ring (bicyclic) bond motifs is 1. The standard InChI is InChI=1S/C25H31N5O5.ClH/c1-5-30-19-8-9-21(33-3)23(34-4)18(19)13-20(30)24(31)28-16-7-10-22(26-14-16)27-17-11-12-29(15-17)25(32)35-6-2;/h7-10,13-14,17H,5-6,11-12,15H2,1-4H3,(H,26,27)(H,28,31);1H/t17-;/m0./s1. The summed E-state index contributed by atoms with van der Waals surface area (Å²) in [5.41, 5.74) is 1.99. The van der Waals surface area contributed by atoms with Crippen LogP contribution < -0.4 is 20.1 Å². The Kier molecular flexibility index (Phi) is 8.87. The van der Waals surface area contributed by atoms with Gasteiger partial charge >= 0.3 is 6.09 Å². The van der Waals surface area contributed by atoms with Gasteiger partial charge in [-0.15, -0.1) is 12.4 Å². The molecule has 194 valence electrons. The van der Waals surface area contributed by atoms with Gasteiger partial charge in [0.1, 0.15) is 11.5 Å². The third-order valence-corrected chi connectivity index (χ3v) is 6.06. The summed E-state index contributed by atoms with van der Waals surface area (Å²) in [6, 6.07) is 9.28. The van der Waals surface area contributed by atoms with Gasteiger partial charge in [-0.25, -0.2) is 9.78 Å². The van der Waals surface area contributed by atoms with Crippen molar-refractivity contribution in [2.24, 2.45) is 0 Å². The molecule has 1 saturated heterocycles. The van der Waals surface area contributed by atoms with Gasteiger partial charge in [0, 0.05) is 31.1 Å². The van der Waals surface area contributed by atoms with Gasteiger partial charge in [0.05, 0.1) is 38.2 Å². The quantitative estimate of drug-likeness (QED) is 0.456. The highest BCUT2D eigenvalue weighted by Gasteiger charge is 2.27. The molecule has 36 heavy (non-hydrogen) atoms. The van der Waals surface area contributed by atoms with Crippen molar-refractivity contribution in [2.45, 2.75) is 32.9 Å². The molecule has 1 fully saturated rings. The van der Waals surface area contributed by atoms with Gasteiger partial charge in [0.25, 0.3) is 5.91 Å². The molecule has 1 aliphatic rings. The SMILES string of the molecule is CCOC(=O)N1CC[C@H](Nc2ccc(NC(=O)c3cc4c(OC)c(OC)ccc4n3CC)cn2)C1.Cl. The van der Waals surface area contributed by atoms with Gasteiger partial charge in [0.15, 0.2) is 11.5 Å². The van der Waals surface area contributed by atoms with E-state index >= 15 is 0 Å². The summed E-state index contributed by atoms with van der Waals surface area (Å²) in [5.74, 6) is 1.64. The van der Waals surface area contributed by atoms with E-state index in [2.05, 4.69) is 15.6 Å². The topological polar surface area (TPSA) is 107 Å². The maximum atomic E-state index is 13.1. The molecule has 0 unspecified atom stereocenters. The number of rotatable bonds is 8. The number of hydrogen-bond donors (Lipinski definition) is 2. The predicted molar refractivity (Wildman–Crippen MR) is 141 cm³/mol. The number of aromatic nitrogens is 2. The van der Waals surface area contributed by atoms with Gasteiger partial charge < -0.3 is 34.3 Å². The average Bonchev–Trinajstić information content (AvgIpc) is 3.49. The van der Waals surface area contributed by atoms with Gasteiger partial charge in [-0.3, -0.25) is 4.79 Å². The van der Waals surface area contributed by atoms with Crippen molar-refractivity contribution in [1.82, 2.24) is 14.5 Å². The molecule has 1 aliphatic heterocycles. The first kappa shape index (κ1) is 26.9. The van der Waals surface area contributed by atoms with Crippen LogP contribution in [0.4, 0.5) is 16.3 Å². The highest BCUT2D eigenvalue weighted by molar-refractivity contribution is 6.07. The molecule has 0 radical (unpaired) electrons. The lowest BCUT2D eigenvalue weighted by Crippen LogP contribution is -2.32. The largest absolute Gasteiger partial charge is 0.493 e. The first-order chi connectivity index (χ1) is 17.0. The maximum Gasteiger partial charge on any atom is 0.409 e. The number of likely N-dealkylation sites (tertiary alicyclic amines) is 1. The third-order valence-electron chi connectivity index (χ3n) is 6.06. The van der Waals surface area contributed by atoms with Crippen LogP contribution in [0.5, 0.6) is 11.5 Å². The van der Waals surface area contributed by atoms with E-state index in [1.54, 1.807) is 38.3 Å². The van der Waals surface area contributed by atoms with Crippen LogP contribution in [0.2, 0.25) is 0 Å². The van der Waals surface area contributed by atoms with E-state index in [0.29, 0.717) is 54.9 Å². The lowest BCUT2D eigenvalue weighted by Gasteiger charge is -2.16. The van der Waals surface area contributed by atoms with Crippen molar-refractivity contribution in [3.8, 4) is 11.5 Å². The van der Waals surface area contributed by atoms with E-state index in [-0.39, 0.29) is 30.4 Å². The van der Waals surface area contributed by atoms with Crippen LogP contribution in [0.15, 0.2) is 36.5 Å². The normalized spacial score (nSPS) is 14.8. The lowest BCUT2D eigenvalue weighted by molar-refractivity contribution is 0.101. The number of pyridine rings is 1. The number of aryl methyl sites for hydroxylation is 1. The van der Waals surface area contributed by atoms with E-state index in [1.165, 1.54) is 0 Å². The predicted octanol–water partition coefficient (Wildman–Crippen LogP) is 4.39. The van der Waals surface area contributed by atoms with Crippen LogP contribution in [0.3, 0.4) is 0 Å². The molecule has 11 heteroatoms. The number of methoxy groups -OCH3 is 2. The number of ether oxygens (including phenoxy) is 3. The fourth-order valence-corrected chi connectivity index (χ4v) is 4.40.